The molecule has 1 fully saturated rings. The molecule has 2 nitrogen and oxygen atoms in total. The van der Waals surface area contributed by atoms with Crippen molar-refractivity contribution in [1.82, 2.24) is 5.32 Å². The summed E-state index contributed by atoms with van der Waals surface area (Å²) in [4.78, 5) is 0. The Kier molecular flexibility index (Phi) is 4.47. The van der Waals surface area contributed by atoms with Crippen LogP contribution in [0.1, 0.15) is 29.9 Å². The van der Waals surface area contributed by atoms with Crippen molar-refractivity contribution in [2.45, 2.75) is 31.2 Å². The molecule has 110 valence electrons. The lowest BCUT2D eigenvalue weighted by Gasteiger charge is -2.19. The van der Waals surface area contributed by atoms with Gasteiger partial charge in [-0.05, 0) is 54.7 Å². The van der Waals surface area contributed by atoms with Crippen LogP contribution in [0.2, 0.25) is 5.02 Å². The van der Waals surface area contributed by atoms with Crippen molar-refractivity contribution in [3.8, 4) is 5.75 Å². The van der Waals surface area contributed by atoms with Gasteiger partial charge in [-0.1, -0.05) is 35.9 Å². The van der Waals surface area contributed by atoms with E-state index in [1.807, 2.05) is 30.3 Å². The third kappa shape index (κ3) is 4.23. The predicted octanol–water partition coefficient (Wildman–Crippen LogP) is 4.12. The number of hydrogen-bond donors (Lipinski definition) is 2. The zero-order valence-electron chi connectivity index (χ0n) is 11.9. The fraction of sp³-hybridized carbons (Fsp3) is 0.333. The summed E-state index contributed by atoms with van der Waals surface area (Å²) in [5.41, 5.74) is 2.40. The summed E-state index contributed by atoms with van der Waals surface area (Å²) in [6.45, 7) is 0.945. The van der Waals surface area contributed by atoms with Crippen LogP contribution in [0.25, 0.3) is 0 Å². The summed E-state index contributed by atoms with van der Waals surface area (Å²) in [5.74, 6) is 0.693. The number of nitrogens with one attached hydrogen (secondary N) is 1. The lowest BCUT2D eigenvalue weighted by atomic mass is 9.91. The normalized spacial score (nSPS) is 15.9. The highest BCUT2D eigenvalue weighted by Gasteiger charge is 2.22. The molecule has 2 aromatic carbocycles. The molecule has 0 saturated heterocycles. The van der Waals surface area contributed by atoms with Crippen molar-refractivity contribution < 1.29 is 5.11 Å². The molecule has 1 unspecified atom stereocenters. The average Bonchev–Trinajstić information content (AvgIpc) is 3.27. The maximum atomic E-state index is 9.63. The van der Waals surface area contributed by atoms with Gasteiger partial charge >= 0.3 is 0 Å². The summed E-state index contributed by atoms with van der Waals surface area (Å²) in [6, 6.07) is 16.3. The lowest BCUT2D eigenvalue weighted by molar-refractivity contribution is 0.474. The first-order chi connectivity index (χ1) is 10.2. The van der Waals surface area contributed by atoms with Gasteiger partial charge in [-0.2, -0.15) is 0 Å². The lowest BCUT2D eigenvalue weighted by Crippen LogP contribution is -2.24. The molecular weight excluding hydrogens is 282 g/mol. The van der Waals surface area contributed by atoms with Crippen LogP contribution in [0.5, 0.6) is 5.75 Å². The van der Waals surface area contributed by atoms with Crippen LogP contribution in [-0.4, -0.2) is 17.7 Å². The van der Waals surface area contributed by atoms with Gasteiger partial charge in [-0.3, -0.25) is 0 Å². The van der Waals surface area contributed by atoms with E-state index in [1.54, 1.807) is 6.07 Å². The van der Waals surface area contributed by atoms with Crippen molar-refractivity contribution in [3.05, 3.63) is 64.7 Å². The van der Waals surface area contributed by atoms with Crippen molar-refractivity contribution >= 4 is 11.6 Å². The maximum Gasteiger partial charge on any atom is 0.115 e. The van der Waals surface area contributed by atoms with Crippen molar-refractivity contribution in [3.63, 3.8) is 0 Å². The van der Waals surface area contributed by atoms with E-state index in [2.05, 4.69) is 17.4 Å². The molecule has 0 aromatic heterocycles. The highest BCUT2D eigenvalue weighted by atomic mass is 35.5. The number of phenols is 1. The standard InChI is InChI=1S/C18H20ClNO/c19-16-5-2-4-14(11-16)15(12-20-17-7-8-17)9-13-3-1-6-18(21)10-13/h1-6,10-11,15,17,20-21H,7-9,12H2. The number of hydrogen-bond acceptors (Lipinski definition) is 2. The van der Waals surface area contributed by atoms with Crippen molar-refractivity contribution in [1.29, 1.82) is 0 Å². The number of rotatable bonds is 6. The Morgan fingerprint density at radius 3 is 2.67 bits per heavy atom. The molecule has 1 atom stereocenters. The van der Waals surface area contributed by atoms with Crippen LogP contribution >= 0.6 is 11.6 Å². The zero-order chi connectivity index (χ0) is 14.7. The second kappa shape index (κ2) is 6.50. The van der Waals surface area contributed by atoms with Crippen LogP contribution in [0.3, 0.4) is 0 Å². The Morgan fingerprint density at radius 2 is 1.95 bits per heavy atom. The van der Waals surface area contributed by atoms with Gasteiger partial charge < -0.3 is 10.4 Å². The summed E-state index contributed by atoms with van der Waals surface area (Å²) >= 11 is 6.13. The molecule has 3 rings (SSSR count). The van der Waals surface area contributed by atoms with E-state index in [0.29, 0.717) is 17.7 Å². The SMILES string of the molecule is Oc1cccc(CC(CNC2CC2)c2cccc(Cl)c2)c1. The minimum Gasteiger partial charge on any atom is -0.508 e. The fourth-order valence-corrected chi connectivity index (χ4v) is 2.83. The maximum absolute atomic E-state index is 9.63. The molecule has 1 saturated carbocycles. The number of halogens is 1. The molecule has 0 heterocycles. The van der Waals surface area contributed by atoms with E-state index in [4.69, 9.17) is 11.6 Å². The molecule has 0 aliphatic heterocycles. The first-order valence-electron chi connectivity index (χ1n) is 7.47. The topological polar surface area (TPSA) is 32.3 Å². The van der Waals surface area contributed by atoms with Crippen LogP contribution in [-0.2, 0) is 6.42 Å². The van der Waals surface area contributed by atoms with Gasteiger partial charge in [0, 0.05) is 23.5 Å². The van der Waals surface area contributed by atoms with Crippen molar-refractivity contribution in [2.24, 2.45) is 0 Å². The van der Waals surface area contributed by atoms with Crippen LogP contribution in [0.15, 0.2) is 48.5 Å². The molecule has 0 radical (unpaired) electrons. The highest BCUT2D eigenvalue weighted by Crippen LogP contribution is 2.26. The molecular formula is C18H20ClNO. The Labute approximate surface area is 130 Å². The average molecular weight is 302 g/mol. The molecule has 0 amide bonds. The van der Waals surface area contributed by atoms with Crippen LogP contribution < -0.4 is 5.32 Å². The predicted molar refractivity (Wildman–Crippen MR) is 87.0 cm³/mol. The Bertz CT molecular complexity index is 610. The van der Waals surface area contributed by atoms with Gasteiger partial charge in [0.25, 0.3) is 0 Å². The van der Waals surface area contributed by atoms with Gasteiger partial charge in [-0.15, -0.1) is 0 Å². The first kappa shape index (κ1) is 14.4. The number of phenolic OH excluding ortho intramolecular Hbond substituents is 1. The zero-order valence-corrected chi connectivity index (χ0v) is 12.7. The molecule has 1 aliphatic carbocycles. The number of aromatic hydroxyl groups is 1. The van der Waals surface area contributed by atoms with E-state index >= 15 is 0 Å². The summed E-state index contributed by atoms with van der Waals surface area (Å²) in [5, 5.41) is 14.0. The number of benzene rings is 2. The summed E-state index contributed by atoms with van der Waals surface area (Å²) < 4.78 is 0. The van der Waals surface area contributed by atoms with E-state index in [-0.39, 0.29) is 0 Å². The van der Waals surface area contributed by atoms with Gasteiger partial charge in [-0.25, -0.2) is 0 Å². The van der Waals surface area contributed by atoms with Gasteiger partial charge in [0.05, 0.1) is 0 Å². The molecule has 1 aliphatic rings. The van der Waals surface area contributed by atoms with Gasteiger partial charge in [0.15, 0.2) is 0 Å². The smallest absolute Gasteiger partial charge is 0.115 e. The molecule has 3 heteroatoms. The first-order valence-corrected chi connectivity index (χ1v) is 7.85. The molecule has 2 N–H and O–H groups in total. The third-order valence-corrected chi connectivity index (χ3v) is 4.18. The fourth-order valence-electron chi connectivity index (χ4n) is 2.63. The van der Waals surface area contributed by atoms with E-state index < -0.39 is 0 Å². The van der Waals surface area contributed by atoms with Crippen LogP contribution in [0, 0.1) is 0 Å². The Hall–Kier alpha value is -1.51. The molecule has 0 bridgehead atoms. The van der Waals surface area contributed by atoms with E-state index in [1.165, 1.54) is 18.4 Å². The molecule has 2 aromatic rings. The summed E-state index contributed by atoms with van der Waals surface area (Å²) in [7, 11) is 0. The van der Waals surface area contributed by atoms with Crippen molar-refractivity contribution in [2.75, 3.05) is 6.54 Å². The molecule has 21 heavy (non-hydrogen) atoms. The quantitative estimate of drug-likeness (QED) is 0.841. The van der Waals surface area contributed by atoms with Crippen LogP contribution in [0.4, 0.5) is 0 Å². The second-order valence-electron chi connectivity index (χ2n) is 5.81. The Balaban J connectivity index is 1.77. The van der Waals surface area contributed by atoms with E-state index in [9.17, 15) is 5.11 Å². The largest absolute Gasteiger partial charge is 0.508 e. The summed E-state index contributed by atoms with van der Waals surface area (Å²) in [6.07, 6.45) is 3.47. The minimum atomic E-state index is 0.326. The third-order valence-electron chi connectivity index (χ3n) is 3.94. The van der Waals surface area contributed by atoms with E-state index in [0.717, 1.165) is 23.6 Å². The highest BCUT2D eigenvalue weighted by molar-refractivity contribution is 6.30. The monoisotopic (exact) mass is 301 g/mol. The van der Waals surface area contributed by atoms with Gasteiger partial charge in [0.1, 0.15) is 5.75 Å². The Morgan fingerprint density at radius 1 is 1.14 bits per heavy atom. The second-order valence-corrected chi connectivity index (χ2v) is 6.24. The molecule has 0 spiro atoms. The minimum absolute atomic E-state index is 0.326. The van der Waals surface area contributed by atoms with Gasteiger partial charge in [0.2, 0.25) is 0 Å².